The van der Waals surface area contributed by atoms with Crippen LogP contribution in [0.3, 0.4) is 0 Å². The Morgan fingerprint density at radius 1 is 0.462 bits per heavy atom. The van der Waals surface area contributed by atoms with Gasteiger partial charge in [0.05, 0.1) is 25.0 Å². The van der Waals surface area contributed by atoms with Crippen LogP contribution < -0.4 is 0 Å². The highest BCUT2D eigenvalue weighted by Gasteiger charge is 2.43. The van der Waals surface area contributed by atoms with Crippen LogP contribution in [0.2, 0.25) is 0 Å². The van der Waals surface area contributed by atoms with E-state index in [-0.39, 0.29) is 4.90 Å². The molecular weight excluding hydrogens is 521 g/mol. The third-order valence-electron chi connectivity index (χ3n) is 7.19. The van der Waals surface area contributed by atoms with E-state index in [4.69, 9.17) is 3.63 Å². The number of rotatable bonds is 9. The molecule has 0 fully saturated rings. The highest BCUT2D eigenvalue weighted by atomic mass is 32.3. The summed E-state index contributed by atoms with van der Waals surface area (Å²) >= 11 is 0. The van der Waals surface area contributed by atoms with Crippen molar-refractivity contribution in [2.75, 3.05) is 0 Å². The van der Waals surface area contributed by atoms with Gasteiger partial charge in [0.15, 0.2) is 0 Å². The molecule has 4 aromatic carbocycles. The number of hydrogen-bond donors (Lipinski definition) is 0. The molecule has 0 aromatic heterocycles. The lowest BCUT2D eigenvalue weighted by molar-refractivity contribution is 0.387. The molecular formula is C34H41O3S2+. The van der Waals surface area contributed by atoms with Crippen LogP contribution >= 0.6 is 10.3 Å². The van der Waals surface area contributed by atoms with Crippen molar-refractivity contribution in [3.8, 4) is 0 Å². The molecule has 0 aliphatic rings. The molecule has 3 nitrogen and oxygen atoms in total. The first kappa shape index (κ1) is 29.1. The Kier molecular flexibility index (Phi) is 8.75. The first-order chi connectivity index (χ1) is 18.4. The predicted octanol–water partition coefficient (Wildman–Crippen LogP) is 10.0. The van der Waals surface area contributed by atoms with E-state index in [2.05, 4.69) is 114 Å². The number of aryl methyl sites for hydroxylation is 1. The Hall–Kier alpha value is -2.86. The van der Waals surface area contributed by atoms with Gasteiger partial charge in [0, 0.05) is 0 Å². The molecule has 0 radical (unpaired) electrons. The zero-order valence-electron chi connectivity index (χ0n) is 24.0. The highest BCUT2D eigenvalue weighted by molar-refractivity contribution is 8.32. The highest BCUT2D eigenvalue weighted by Crippen LogP contribution is 2.68. The minimum atomic E-state index is -4.00. The Bertz CT molecular complexity index is 1360. The molecule has 0 heterocycles. The molecule has 4 aromatic rings. The van der Waals surface area contributed by atoms with Crippen molar-refractivity contribution in [2.45, 2.75) is 85.8 Å². The number of benzene rings is 4. The van der Waals surface area contributed by atoms with Crippen LogP contribution in [0.15, 0.2) is 117 Å². The summed E-state index contributed by atoms with van der Waals surface area (Å²) in [4.78, 5) is 2.91. The molecule has 0 aliphatic heterocycles. The Balaban J connectivity index is 2.02. The third-order valence-corrected chi connectivity index (χ3v) is 12.6. The standard InChI is InChI=1S/C34H40O3S2/c1-24(2)28-10-18-31(19-11-28)38(32-20-12-29(13-21-32)25(3)4,33-22-14-30(15-23-33)26(5)6)37-39(35,36)34-16-8-27(7)9-17-34/h8-26H,1-7H3/p+1. The second-order valence-electron chi connectivity index (χ2n) is 11.1. The Labute approximate surface area is 236 Å². The van der Waals surface area contributed by atoms with E-state index in [1.165, 1.54) is 16.7 Å². The van der Waals surface area contributed by atoms with Gasteiger partial charge in [0.1, 0.15) is 4.90 Å². The van der Waals surface area contributed by atoms with Crippen LogP contribution in [0.4, 0.5) is 0 Å². The van der Waals surface area contributed by atoms with E-state index in [1.807, 2.05) is 19.1 Å². The summed E-state index contributed by atoms with van der Waals surface area (Å²) in [6.07, 6.45) is 0. The lowest BCUT2D eigenvalue weighted by atomic mass is 10.0. The van der Waals surface area contributed by atoms with Crippen molar-refractivity contribution in [3.63, 3.8) is 0 Å². The van der Waals surface area contributed by atoms with Gasteiger partial charge in [-0.15, -0.1) is 8.42 Å². The summed E-state index contributed by atoms with van der Waals surface area (Å²) in [6, 6.07) is 32.1. The zero-order chi connectivity index (χ0) is 28.4. The molecule has 0 aliphatic carbocycles. The topological polar surface area (TPSA) is 46.9 Å². The van der Waals surface area contributed by atoms with Gasteiger partial charge in [-0.1, -0.05) is 95.6 Å². The second-order valence-corrected chi connectivity index (χ2v) is 15.7. The molecule has 206 valence electrons. The van der Waals surface area contributed by atoms with Crippen LogP contribution in [-0.2, 0) is 10.1 Å². The van der Waals surface area contributed by atoms with Gasteiger partial charge in [-0.3, -0.25) is 3.63 Å². The van der Waals surface area contributed by atoms with Crippen LogP contribution in [0.1, 0.15) is 81.5 Å². The van der Waals surface area contributed by atoms with Crippen molar-refractivity contribution in [2.24, 2.45) is 0 Å². The second kappa shape index (κ2) is 11.7. The average Bonchev–Trinajstić information content (AvgIpc) is 2.92. The lowest BCUT2D eigenvalue weighted by Gasteiger charge is -2.35. The predicted molar refractivity (Wildman–Crippen MR) is 165 cm³/mol. The number of hydrogen-bond acceptors (Lipinski definition) is 2. The maximum atomic E-state index is 14.1. The molecule has 39 heavy (non-hydrogen) atoms. The van der Waals surface area contributed by atoms with Gasteiger partial charge < -0.3 is 0 Å². The van der Waals surface area contributed by atoms with Crippen LogP contribution in [-0.4, -0.2) is 12.0 Å². The molecule has 4 rings (SSSR count). The fourth-order valence-electron chi connectivity index (χ4n) is 4.59. The third kappa shape index (κ3) is 6.16. The maximum absolute atomic E-state index is 14.1. The zero-order valence-corrected chi connectivity index (χ0v) is 25.7. The van der Waals surface area contributed by atoms with Crippen molar-refractivity contribution in [3.05, 3.63) is 119 Å². The summed E-state index contributed by atoms with van der Waals surface area (Å²) in [7, 11) is -6.54. The van der Waals surface area contributed by atoms with E-state index in [1.54, 1.807) is 12.1 Å². The van der Waals surface area contributed by atoms with Crippen LogP contribution in [0.5, 0.6) is 0 Å². The minimum Gasteiger partial charge on any atom is -0.258 e. The van der Waals surface area contributed by atoms with Gasteiger partial charge in [-0.2, -0.15) is 0 Å². The van der Waals surface area contributed by atoms with Crippen LogP contribution in [0, 0.1) is 6.92 Å². The fraction of sp³-hybridized carbons (Fsp3) is 0.294. The van der Waals surface area contributed by atoms with E-state index >= 15 is 0 Å². The van der Waals surface area contributed by atoms with E-state index in [0.29, 0.717) is 17.8 Å². The quantitative estimate of drug-likeness (QED) is 0.151. The van der Waals surface area contributed by atoms with Crippen molar-refractivity contribution >= 4 is 20.4 Å². The molecule has 0 atom stereocenters. The molecule has 5 heteroatoms. The summed E-state index contributed by atoms with van der Waals surface area (Å²) < 4.78 is 33.0. The van der Waals surface area contributed by atoms with E-state index in [9.17, 15) is 8.42 Å². The molecule has 0 saturated heterocycles. The monoisotopic (exact) mass is 561 g/mol. The summed E-state index contributed by atoms with van der Waals surface area (Å²) in [6.45, 7) is 14.9. The van der Waals surface area contributed by atoms with Crippen LogP contribution in [0.25, 0.3) is 0 Å². The van der Waals surface area contributed by atoms with Gasteiger partial charge >= 0.3 is 10.1 Å². The molecule has 0 unspecified atom stereocenters. The van der Waals surface area contributed by atoms with Gasteiger partial charge in [0.25, 0.3) is 0 Å². The minimum absolute atomic E-state index is 0.210. The Morgan fingerprint density at radius 2 is 0.744 bits per heavy atom. The van der Waals surface area contributed by atoms with E-state index < -0.39 is 20.4 Å². The van der Waals surface area contributed by atoms with Crippen molar-refractivity contribution in [1.29, 1.82) is 0 Å². The van der Waals surface area contributed by atoms with Gasteiger partial charge in [-0.05, 0) is 89.9 Å². The first-order valence-corrected chi connectivity index (χ1v) is 16.7. The lowest BCUT2D eigenvalue weighted by Crippen LogP contribution is -2.19. The SMILES string of the molecule is Cc1ccc(S(=O)(=O)[OH+]S(c2ccc(C(C)C)cc2)(c2ccc(C(C)C)cc2)c2ccc(C(C)C)cc2)cc1. The average molecular weight is 562 g/mol. The smallest absolute Gasteiger partial charge is 0.258 e. The maximum Gasteiger partial charge on any atom is 0.422 e. The first-order valence-electron chi connectivity index (χ1n) is 13.6. The molecule has 1 N–H and O–H groups in total. The normalized spacial score (nSPS) is 12.9. The largest absolute Gasteiger partial charge is 0.422 e. The Morgan fingerprint density at radius 3 is 1.03 bits per heavy atom. The molecule has 0 saturated carbocycles. The fourth-order valence-corrected chi connectivity index (χ4v) is 10.0. The molecule has 0 amide bonds. The van der Waals surface area contributed by atoms with E-state index in [0.717, 1.165) is 20.2 Å². The molecule has 0 spiro atoms. The van der Waals surface area contributed by atoms with Gasteiger partial charge in [0.2, 0.25) is 0 Å². The summed E-state index contributed by atoms with van der Waals surface area (Å²) in [5.74, 6) is 1.10. The molecule has 0 bridgehead atoms. The van der Waals surface area contributed by atoms with Gasteiger partial charge in [-0.25, -0.2) is 0 Å². The summed E-state index contributed by atoms with van der Waals surface area (Å²) in [5.41, 5.74) is 4.63. The summed E-state index contributed by atoms with van der Waals surface area (Å²) in [5, 5.41) is 0. The van der Waals surface area contributed by atoms with Crippen molar-refractivity contribution < 1.29 is 12.0 Å². The van der Waals surface area contributed by atoms with Crippen molar-refractivity contribution in [1.82, 2.24) is 0 Å².